The van der Waals surface area contributed by atoms with Crippen molar-refractivity contribution < 1.29 is 33.4 Å². The molecule has 2 amide bonds. The Morgan fingerprint density at radius 3 is 1.89 bits per heavy atom. The van der Waals surface area contributed by atoms with Crippen LogP contribution in [0.2, 0.25) is 18.1 Å². The molecular weight excluding hydrogens is 576 g/mol. The quantitative estimate of drug-likeness (QED) is 0.0641. The lowest BCUT2D eigenvalue weighted by Crippen LogP contribution is -2.79. The molecule has 1 aliphatic heterocycles. The molecule has 0 radical (unpaired) electrons. The summed E-state index contributed by atoms with van der Waals surface area (Å²) in [5, 5.41) is 2.45. The molecule has 3 aromatic rings. The van der Waals surface area contributed by atoms with E-state index in [4.69, 9.17) is 9.47 Å². The zero-order valence-electron chi connectivity index (χ0n) is 25.4. The van der Waals surface area contributed by atoms with E-state index in [9.17, 15) is 24.7 Å². The number of nitrogens with zero attached hydrogens (tertiary/aromatic N) is 3. The maximum absolute atomic E-state index is 13.4. The Labute approximate surface area is 257 Å². The maximum atomic E-state index is 13.4. The van der Waals surface area contributed by atoms with Crippen molar-refractivity contribution in [1.82, 2.24) is 9.88 Å². The van der Waals surface area contributed by atoms with E-state index in [2.05, 4.69) is 10.1 Å². The van der Waals surface area contributed by atoms with Crippen molar-refractivity contribution in [1.29, 1.82) is 0 Å². The number of carbonyl (C=O) groups is 4. The van der Waals surface area contributed by atoms with E-state index in [0.717, 1.165) is 0 Å². The van der Waals surface area contributed by atoms with Crippen molar-refractivity contribution in [2.75, 3.05) is 6.61 Å². The minimum Gasteiger partial charge on any atom is -0.444 e. The molecule has 11 heteroatoms. The lowest BCUT2D eigenvalue weighted by Gasteiger charge is -2.57. The van der Waals surface area contributed by atoms with Gasteiger partial charge in [-0.05, 0) is 28.3 Å². The van der Waals surface area contributed by atoms with Crippen LogP contribution in [-0.2, 0) is 23.9 Å². The lowest BCUT2D eigenvalue weighted by atomic mass is 10.0. The van der Waals surface area contributed by atoms with Crippen LogP contribution in [0.3, 0.4) is 0 Å². The predicted molar refractivity (Wildman–Crippen MR) is 166 cm³/mol. The molecule has 1 saturated heterocycles. The number of nitrogens with one attached hydrogen (secondary N) is 1. The molecule has 0 spiro atoms. The first kappa shape index (κ1) is 32.2. The van der Waals surface area contributed by atoms with E-state index in [1.165, 1.54) is 0 Å². The summed E-state index contributed by atoms with van der Waals surface area (Å²) in [4.78, 5) is 55.6. The van der Waals surface area contributed by atoms with Gasteiger partial charge in [-0.15, -0.1) is 0 Å². The number of carbonyl (C=O) groups excluding carboxylic acids is 4. The van der Waals surface area contributed by atoms with Gasteiger partial charge in [-0.3, -0.25) is 14.4 Å². The fourth-order valence-electron chi connectivity index (χ4n) is 4.72. The second-order valence-electron chi connectivity index (χ2n) is 12.0. The summed E-state index contributed by atoms with van der Waals surface area (Å²) >= 11 is 0. The third-order valence-electron chi connectivity index (χ3n) is 8.18. The summed E-state index contributed by atoms with van der Waals surface area (Å²) in [5.41, 5.74) is 10.5. The number of rotatable bonds is 11. The molecule has 2 atom stereocenters. The van der Waals surface area contributed by atoms with Gasteiger partial charge in [0.05, 0.1) is 0 Å². The zero-order chi connectivity index (χ0) is 32.1. The lowest BCUT2D eigenvalue weighted by molar-refractivity contribution is -0.171. The van der Waals surface area contributed by atoms with Gasteiger partial charge >= 0.3 is 11.7 Å². The van der Waals surface area contributed by atoms with E-state index < -0.39 is 56.6 Å². The first-order chi connectivity index (χ1) is 20.9. The first-order valence-corrected chi connectivity index (χ1v) is 17.2. The molecule has 0 bridgehead atoms. The Kier molecular flexibility index (Phi) is 9.74. The number of ketones is 1. The van der Waals surface area contributed by atoms with Crippen LogP contribution < -0.4 is 5.32 Å². The smallest absolute Gasteiger partial charge is 0.444 e. The number of Topliss-reactive ketones (excluding diaryl/α,β-unsaturated/α-hetero) is 1. The van der Waals surface area contributed by atoms with Gasteiger partial charge in [0, 0.05) is 5.56 Å². The van der Waals surface area contributed by atoms with Gasteiger partial charge in [0.2, 0.25) is 5.91 Å². The molecule has 3 aromatic carbocycles. The van der Waals surface area contributed by atoms with Crippen molar-refractivity contribution in [3.63, 3.8) is 0 Å². The molecule has 0 aliphatic carbocycles. The Hall–Kier alpha value is -4.70. The van der Waals surface area contributed by atoms with Crippen molar-refractivity contribution in [2.24, 2.45) is 0 Å². The molecule has 1 aliphatic rings. The second kappa shape index (κ2) is 13.3. The van der Waals surface area contributed by atoms with Crippen LogP contribution in [0.4, 0.5) is 0 Å². The number of hydrogen-bond donors (Lipinski definition) is 1. The number of amides is 2. The van der Waals surface area contributed by atoms with E-state index in [0.29, 0.717) is 16.7 Å². The van der Waals surface area contributed by atoms with Crippen LogP contribution in [0.5, 0.6) is 0 Å². The third kappa shape index (κ3) is 6.75. The second-order valence-corrected chi connectivity index (χ2v) is 17.1. The molecule has 228 valence electrons. The number of ether oxygens (including phenoxy) is 2. The minimum atomic E-state index is -2.52. The van der Waals surface area contributed by atoms with Gasteiger partial charge in [-0.2, -0.15) is 4.79 Å². The van der Waals surface area contributed by atoms with Gasteiger partial charge in [0.25, 0.3) is 11.7 Å². The maximum Gasteiger partial charge on any atom is 0.444 e. The Morgan fingerprint density at radius 1 is 0.909 bits per heavy atom. The highest BCUT2D eigenvalue weighted by Gasteiger charge is 2.59. The highest BCUT2D eigenvalue weighted by atomic mass is 28.3. The third-order valence-corrected chi connectivity index (χ3v) is 13.5. The number of hydrogen-bond acceptors (Lipinski definition) is 6. The van der Waals surface area contributed by atoms with E-state index in [1.807, 2.05) is 46.0 Å². The molecule has 0 aromatic heterocycles. The Bertz CT molecular complexity index is 1530. The van der Waals surface area contributed by atoms with Gasteiger partial charge < -0.3 is 24.9 Å². The topological polar surface area (TPSA) is 138 Å². The van der Waals surface area contributed by atoms with Crippen LogP contribution >= 0.6 is 0 Å². The molecule has 1 N–H and O–H groups in total. The average Bonchev–Trinajstić information content (AvgIpc) is 3.01. The van der Waals surface area contributed by atoms with Crippen LogP contribution in [-0.4, -0.2) is 65.7 Å². The molecule has 1 fully saturated rings. The molecule has 1 heterocycles. The first-order valence-electron chi connectivity index (χ1n) is 14.2. The molecular formula is C33H36N4O6Si. The summed E-state index contributed by atoms with van der Waals surface area (Å²) in [6.45, 7) is 9.37. The van der Waals surface area contributed by atoms with Crippen molar-refractivity contribution in [2.45, 2.75) is 57.3 Å². The average molecular weight is 613 g/mol. The van der Waals surface area contributed by atoms with Crippen molar-refractivity contribution in [3.8, 4) is 0 Å². The predicted octanol–water partition coefficient (Wildman–Crippen LogP) is 4.55. The van der Waals surface area contributed by atoms with Crippen LogP contribution in [0.15, 0.2) is 91.0 Å². The molecule has 2 unspecified atom stereocenters. The van der Waals surface area contributed by atoms with Gasteiger partial charge in [0.15, 0.2) is 26.6 Å². The Morgan fingerprint density at radius 2 is 1.41 bits per heavy atom. The van der Waals surface area contributed by atoms with E-state index >= 15 is 0 Å². The molecule has 44 heavy (non-hydrogen) atoms. The minimum absolute atomic E-state index is 0.270. The summed E-state index contributed by atoms with van der Waals surface area (Å²) in [6, 6.07) is 25.3. The van der Waals surface area contributed by atoms with Gasteiger partial charge in [-0.1, -0.05) is 113 Å². The van der Waals surface area contributed by atoms with Crippen molar-refractivity contribution in [3.05, 3.63) is 113 Å². The molecule has 0 saturated carbocycles. The summed E-state index contributed by atoms with van der Waals surface area (Å²) in [6.07, 6.45) is -1.84. The standard InChI is InChI=1S/C33H36N4O6Si/c1-33(2,3)44(4,5)37-30(40)27(35-29(39)24-19-13-8-14-20-24)31(37)42-21-25(38)26(36-34)32(41)43-28(22-15-9-6-10-16-22)23-17-11-7-12-18-23/h6-20,27-28,31H,21H2,1-5H3,(H,35,39). The van der Waals surface area contributed by atoms with Crippen LogP contribution in [0, 0.1) is 0 Å². The van der Waals surface area contributed by atoms with Crippen LogP contribution in [0.25, 0.3) is 5.53 Å². The van der Waals surface area contributed by atoms with Gasteiger partial charge in [-0.25, -0.2) is 4.79 Å². The van der Waals surface area contributed by atoms with E-state index in [1.54, 1.807) is 83.4 Å². The highest BCUT2D eigenvalue weighted by molar-refractivity contribution is 6.80. The normalized spacial score (nSPS) is 16.5. The van der Waals surface area contributed by atoms with Crippen LogP contribution in [0.1, 0.15) is 48.4 Å². The fraction of sp³-hybridized carbons (Fsp3) is 0.303. The molecule has 4 rings (SSSR count). The zero-order valence-corrected chi connectivity index (χ0v) is 26.4. The monoisotopic (exact) mass is 612 g/mol. The van der Waals surface area contributed by atoms with Gasteiger partial charge in [0.1, 0.15) is 6.61 Å². The largest absolute Gasteiger partial charge is 0.444 e. The Balaban J connectivity index is 1.52. The SMILES string of the molecule is CC(C)(C)[Si](C)(C)N1C(=O)C(NC(=O)c2ccccc2)C1OCC(=O)C(=[N+]=[N-])C(=O)OC(c1ccccc1)c1ccccc1. The molecule has 10 nitrogen and oxygen atoms in total. The summed E-state index contributed by atoms with van der Waals surface area (Å²) < 4.78 is 13.2. The van der Waals surface area contributed by atoms with Crippen molar-refractivity contribution >= 4 is 37.5 Å². The number of β-lactam (4-membered cyclic amide) rings is 1. The number of esters is 1. The number of benzene rings is 3. The fourth-order valence-corrected chi connectivity index (χ4v) is 7.00. The van der Waals surface area contributed by atoms with E-state index in [-0.39, 0.29) is 10.9 Å². The highest BCUT2D eigenvalue weighted by Crippen LogP contribution is 2.43. The summed E-state index contributed by atoms with van der Waals surface area (Å²) in [7, 11) is -2.52. The summed E-state index contributed by atoms with van der Waals surface area (Å²) in [5.74, 6) is -2.87.